The van der Waals surface area contributed by atoms with Gasteiger partial charge in [-0.2, -0.15) is 13.2 Å². The molecule has 9 nitrogen and oxygen atoms in total. The molecule has 1 fully saturated rings. The van der Waals surface area contributed by atoms with Gasteiger partial charge in [-0.1, -0.05) is 29.5 Å². The second kappa shape index (κ2) is 9.22. The highest BCUT2D eigenvalue weighted by atomic mass is 32.1. The maximum absolute atomic E-state index is 12.5. The van der Waals surface area contributed by atoms with Crippen LogP contribution >= 0.6 is 11.3 Å². The number of aromatic amines is 1. The highest BCUT2D eigenvalue weighted by Crippen LogP contribution is 2.23. The van der Waals surface area contributed by atoms with Crippen molar-refractivity contribution in [2.75, 3.05) is 13.1 Å². The fraction of sp³-hybridized carbons (Fsp3) is 0.278. The fourth-order valence-electron chi connectivity index (χ4n) is 2.61. The predicted octanol–water partition coefficient (Wildman–Crippen LogP) is 1.63. The number of rotatable bonds is 4. The second-order valence-corrected chi connectivity index (χ2v) is 7.55. The Labute approximate surface area is 176 Å². The van der Waals surface area contributed by atoms with Gasteiger partial charge in [-0.05, 0) is 6.07 Å². The number of carboxylic acids is 1. The number of carbonyl (C=O) groups excluding carboxylic acids is 1. The van der Waals surface area contributed by atoms with E-state index in [-0.39, 0.29) is 11.5 Å². The quantitative estimate of drug-likeness (QED) is 0.469. The molecule has 0 unspecified atom stereocenters. The summed E-state index contributed by atoms with van der Waals surface area (Å²) in [4.78, 5) is 35.8. The van der Waals surface area contributed by atoms with Gasteiger partial charge in [0.25, 0.3) is 11.5 Å². The number of halogens is 3. The van der Waals surface area contributed by atoms with Crippen molar-refractivity contribution in [2.45, 2.75) is 18.6 Å². The minimum atomic E-state index is -5.08. The summed E-state index contributed by atoms with van der Waals surface area (Å²) >= 11 is 1.53. The molecule has 1 aliphatic rings. The number of alkyl halides is 3. The summed E-state index contributed by atoms with van der Waals surface area (Å²) in [6.45, 7) is 2.19. The first-order chi connectivity index (χ1) is 14.7. The Bertz CT molecular complexity index is 1160. The van der Waals surface area contributed by atoms with Crippen LogP contribution in [0.5, 0.6) is 0 Å². The van der Waals surface area contributed by atoms with E-state index in [4.69, 9.17) is 9.90 Å². The van der Waals surface area contributed by atoms with Gasteiger partial charge in [0.15, 0.2) is 0 Å². The molecule has 3 heterocycles. The smallest absolute Gasteiger partial charge is 0.475 e. The normalized spacial score (nSPS) is 13.8. The first-order valence-electron chi connectivity index (χ1n) is 8.88. The van der Waals surface area contributed by atoms with Crippen LogP contribution in [0.3, 0.4) is 0 Å². The molecule has 164 valence electrons. The van der Waals surface area contributed by atoms with Gasteiger partial charge in [-0.3, -0.25) is 9.59 Å². The molecule has 2 aromatic heterocycles. The molecule has 1 aromatic carbocycles. The first kappa shape index (κ1) is 22.4. The molecule has 0 bridgehead atoms. The van der Waals surface area contributed by atoms with Gasteiger partial charge in [0.05, 0.1) is 12.1 Å². The lowest BCUT2D eigenvalue weighted by molar-refractivity contribution is -0.192. The van der Waals surface area contributed by atoms with E-state index >= 15 is 0 Å². The zero-order chi connectivity index (χ0) is 22.6. The number of nitrogens with one attached hydrogen (secondary N) is 3. The number of hydrogen-bond donors (Lipinski definition) is 4. The number of aliphatic carboxylic acids is 1. The number of pyridine rings is 1. The summed E-state index contributed by atoms with van der Waals surface area (Å²) in [5, 5.41) is 24.4. The third-order valence-electron chi connectivity index (χ3n) is 4.31. The van der Waals surface area contributed by atoms with Crippen molar-refractivity contribution in [2.24, 2.45) is 0 Å². The minimum absolute atomic E-state index is 0.204. The summed E-state index contributed by atoms with van der Waals surface area (Å²) < 4.78 is 31.7. The van der Waals surface area contributed by atoms with Gasteiger partial charge < -0.3 is 20.7 Å². The van der Waals surface area contributed by atoms with Crippen LogP contribution in [0.25, 0.3) is 10.8 Å². The van der Waals surface area contributed by atoms with E-state index in [0.717, 1.165) is 23.1 Å². The Morgan fingerprint density at radius 3 is 2.42 bits per heavy atom. The van der Waals surface area contributed by atoms with E-state index in [2.05, 4.69) is 25.8 Å². The lowest BCUT2D eigenvalue weighted by Gasteiger charge is -2.23. The number of fused-ring (bicyclic) bond motifs is 1. The van der Waals surface area contributed by atoms with Gasteiger partial charge >= 0.3 is 12.1 Å². The average molecular weight is 455 g/mol. The summed E-state index contributed by atoms with van der Waals surface area (Å²) in [5.74, 6) is -2.56. The third-order valence-corrected chi connectivity index (χ3v) is 5.40. The Kier molecular flexibility index (Phi) is 6.65. The number of aromatic nitrogens is 3. The number of amides is 1. The number of benzene rings is 1. The molecule has 0 atom stereocenters. The van der Waals surface area contributed by atoms with Gasteiger partial charge in [0.1, 0.15) is 10.0 Å². The number of carbonyl (C=O) groups is 2. The maximum Gasteiger partial charge on any atom is 0.490 e. The van der Waals surface area contributed by atoms with Crippen LogP contribution in [0.15, 0.2) is 35.3 Å². The zero-order valence-corrected chi connectivity index (χ0v) is 16.5. The largest absolute Gasteiger partial charge is 0.490 e. The molecule has 4 rings (SSSR count). The Balaban J connectivity index is 0.000000339. The molecule has 3 aromatic rings. The topological polar surface area (TPSA) is 137 Å². The van der Waals surface area contributed by atoms with E-state index in [9.17, 15) is 22.8 Å². The SMILES string of the molecule is O=C(NCc1nnc(C2CNC2)s1)c1c[nH]c(=O)c2ccccc12.O=C(O)C(F)(F)F. The van der Waals surface area contributed by atoms with Crippen molar-refractivity contribution in [3.05, 3.63) is 56.4 Å². The van der Waals surface area contributed by atoms with Crippen LogP contribution in [0.1, 0.15) is 26.3 Å². The third kappa shape index (κ3) is 5.44. The maximum atomic E-state index is 12.5. The predicted molar refractivity (Wildman–Crippen MR) is 105 cm³/mol. The Morgan fingerprint density at radius 1 is 1.19 bits per heavy atom. The summed E-state index contributed by atoms with van der Waals surface area (Å²) in [6.07, 6.45) is -3.63. The number of H-pyrrole nitrogens is 1. The van der Waals surface area contributed by atoms with E-state index in [1.54, 1.807) is 18.2 Å². The van der Waals surface area contributed by atoms with Crippen LogP contribution < -0.4 is 16.2 Å². The van der Waals surface area contributed by atoms with Crippen molar-refractivity contribution >= 4 is 34.0 Å². The molecule has 0 radical (unpaired) electrons. The molecule has 0 saturated carbocycles. The number of carboxylic acid groups (broad SMARTS) is 1. The van der Waals surface area contributed by atoms with Gasteiger partial charge in [0, 0.05) is 36.0 Å². The molecule has 1 amide bonds. The lowest BCUT2D eigenvalue weighted by atomic mass is 10.1. The van der Waals surface area contributed by atoms with Crippen LogP contribution in [-0.4, -0.2) is 51.4 Å². The van der Waals surface area contributed by atoms with Crippen molar-refractivity contribution in [1.29, 1.82) is 0 Å². The van der Waals surface area contributed by atoms with E-state index in [1.165, 1.54) is 17.5 Å². The van der Waals surface area contributed by atoms with E-state index in [1.807, 2.05) is 6.07 Å². The summed E-state index contributed by atoms with van der Waals surface area (Å²) in [7, 11) is 0. The highest BCUT2D eigenvalue weighted by molar-refractivity contribution is 7.11. The van der Waals surface area contributed by atoms with E-state index in [0.29, 0.717) is 28.8 Å². The molecule has 1 saturated heterocycles. The summed E-state index contributed by atoms with van der Waals surface area (Å²) in [5.41, 5.74) is 0.239. The van der Waals surface area contributed by atoms with Crippen LogP contribution in [0.2, 0.25) is 0 Å². The number of hydrogen-bond acceptors (Lipinski definition) is 7. The van der Waals surface area contributed by atoms with Gasteiger partial charge in [-0.25, -0.2) is 4.79 Å². The van der Waals surface area contributed by atoms with Crippen molar-refractivity contribution < 1.29 is 27.9 Å². The Morgan fingerprint density at radius 2 is 1.84 bits per heavy atom. The molecular formula is C18H16F3N5O4S. The molecule has 4 N–H and O–H groups in total. The fourth-order valence-corrected chi connectivity index (χ4v) is 3.50. The molecule has 0 aliphatic carbocycles. The molecule has 31 heavy (non-hydrogen) atoms. The average Bonchev–Trinajstić information content (AvgIpc) is 3.13. The van der Waals surface area contributed by atoms with Crippen molar-refractivity contribution in [3.63, 3.8) is 0 Å². The lowest BCUT2D eigenvalue weighted by Crippen LogP contribution is -2.39. The van der Waals surface area contributed by atoms with Gasteiger partial charge in [-0.15, -0.1) is 10.2 Å². The standard InChI is InChI=1S/C16H15N5O2S.C2HF3O2/c22-14-11-4-2-1-3-10(11)12(7-18-14)15(23)19-8-13-20-21-16(24-13)9-5-17-6-9;3-2(4,5)1(6)7/h1-4,7,9,17H,5-6,8H2,(H,18,22)(H,19,23);(H,6,7). The number of nitrogens with zero attached hydrogens (tertiary/aromatic N) is 2. The summed E-state index contributed by atoms with van der Waals surface area (Å²) in [6, 6.07) is 7.06. The van der Waals surface area contributed by atoms with Crippen molar-refractivity contribution in [1.82, 2.24) is 25.8 Å². The van der Waals surface area contributed by atoms with Crippen LogP contribution in [0, 0.1) is 0 Å². The molecule has 0 spiro atoms. The van der Waals surface area contributed by atoms with E-state index < -0.39 is 12.1 Å². The monoisotopic (exact) mass is 455 g/mol. The second-order valence-electron chi connectivity index (χ2n) is 6.45. The molecular weight excluding hydrogens is 439 g/mol. The zero-order valence-electron chi connectivity index (χ0n) is 15.7. The van der Waals surface area contributed by atoms with Crippen LogP contribution in [-0.2, 0) is 11.3 Å². The highest BCUT2D eigenvalue weighted by Gasteiger charge is 2.38. The Hall–Kier alpha value is -3.32. The minimum Gasteiger partial charge on any atom is -0.475 e. The first-order valence-corrected chi connectivity index (χ1v) is 9.70. The molecule has 13 heteroatoms. The van der Waals surface area contributed by atoms with Crippen LogP contribution in [0.4, 0.5) is 13.2 Å². The van der Waals surface area contributed by atoms with Crippen molar-refractivity contribution in [3.8, 4) is 0 Å². The van der Waals surface area contributed by atoms with Gasteiger partial charge in [0.2, 0.25) is 0 Å². The molecule has 1 aliphatic heterocycles.